The highest BCUT2D eigenvalue weighted by Gasteiger charge is 2.56. The van der Waals surface area contributed by atoms with E-state index in [1.165, 1.54) is 6.92 Å². The summed E-state index contributed by atoms with van der Waals surface area (Å²) in [6.07, 6.45) is 0. The Morgan fingerprint density at radius 3 is 2.20 bits per heavy atom. The first-order valence-electron chi connectivity index (χ1n) is 12.9. The summed E-state index contributed by atoms with van der Waals surface area (Å²) in [6.45, 7) is 0.0313. The number of alkyl halides is 3. The molecule has 2 aromatic carbocycles. The minimum Gasteiger partial charge on any atom is -0.461 e. The lowest BCUT2D eigenvalue weighted by Gasteiger charge is -2.50. The standard InChI is InChI=1S/C29H24Cl4N2O8S/c1-16(36)41-14-19-20(12-30)44-26-22(25(38)35(26)23(19)28(40)43-15-29(31,32)33)34-24(37)21(18-10-6-3-7-11-18)27(39)42-13-17-8-4-2-5-9-17/h2-12,21-22,26H,13-15H2,1H3,(H,34,37)/b20-12-/t21?,22?,26-/m1/s1. The summed E-state index contributed by atoms with van der Waals surface area (Å²) in [4.78, 5) is 66.3. The smallest absolute Gasteiger partial charge is 0.355 e. The lowest BCUT2D eigenvalue weighted by atomic mass is 9.96. The van der Waals surface area contributed by atoms with E-state index in [1.807, 2.05) is 6.07 Å². The molecule has 44 heavy (non-hydrogen) atoms. The third kappa shape index (κ3) is 8.08. The number of amides is 2. The molecule has 0 aliphatic carbocycles. The number of halogens is 4. The van der Waals surface area contributed by atoms with E-state index in [2.05, 4.69) is 5.32 Å². The lowest BCUT2D eigenvalue weighted by molar-refractivity contribution is -0.155. The summed E-state index contributed by atoms with van der Waals surface area (Å²) < 4.78 is 13.7. The van der Waals surface area contributed by atoms with Gasteiger partial charge in [-0.15, -0.1) is 0 Å². The second-order valence-electron chi connectivity index (χ2n) is 9.41. The van der Waals surface area contributed by atoms with Gasteiger partial charge in [0.15, 0.2) is 5.92 Å². The van der Waals surface area contributed by atoms with Crippen LogP contribution in [0.15, 0.2) is 82.4 Å². The van der Waals surface area contributed by atoms with Crippen LogP contribution in [0.25, 0.3) is 0 Å². The van der Waals surface area contributed by atoms with Crippen LogP contribution in [0.3, 0.4) is 0 Å². The molecule has 10 nitrogen and oxygen atoms in total. The normalized spacial score (nSPS) is 19.4. The molecule has 15 heteroatoms. The number of carbonyl (C=O) groups excluding carboxylic acids is 5. The average molecular weight is 702 g/mol. The summed E-state index contributed by atoms with van der Waals surface area (Å²) in [5.41, 5.74) is 1.99. The second kappa shape index (κ2) is 14.7. The van der Waals surface area contributed by atoms with Gasteiger partial charge in [0.1, 0.15) is 36.9 Å². The molecule has 3 atom stereocenters. The number of hydrogen-bond acceptors (Lipinski definition) is 9. The molecular weight excluding hydrogens is 678 g/mol. The van der Waals surface area contributed by atoms with Crippen molar-refractivity contribution in [1.29, 1.82) is 0 Å². The van der Waals surface area contributed by atoms with E-state index in [0.29, 0.717) is 5.56 Å². The van der Waals surface area contributed by atoms with Gasteiger partial charge >= 0.3 is 17.9 Å². The predicted octanol–water partition coefficient (Wildman–Crippen LogP) is 4.72. The van der Waals surface area contributed by atoms with Crippen LogP contribution >= 0.6 is 58.2 Å². The summed E-state index contributed by atoms with van der Waals surface area (Å²) in [5, 5.41) is 1.74. The summed E-state index contributed by atoms with van der Waals surface area (Å²) >= 11 is 24.3. The molecule has 1 saturated heterocycles. The van der Waals surface area contributed by atoms with Gasteiger partial charge in [0.05, 0.1) is 0 Å². The molecule has 2 aliphatic rings. The fourth-order valence-corrected chi connectivity index (χ4v) is 6.04. The first-order chi connectivity index (χ1) is 20.9. The van der Waals surface area contributed by atoms with Crippen molar-refractivity contribution in [1.82, 2.24) is 10.2 Å². The van der Waals surface area contributed by atoms with E-state index in [9.17, 15) is 24.0 Å². The van der Waals surface area contributed by atoms with Gasteiger partial charge in [-0.2, -0.15) is 0 Å². The van der Waals surface area contributed by atoms with Gasteiger partial charge < -0.3 is 19.5 Å². The Hall–Kier alpha value is -3.22. The molecule has 1 fully saturated rings. The number of esters is 3. The molecule has 2 heterocycles. The average Bonchev–Trinajstić information content (AvgIpc) is 3.00. The zero-order valence-corrected chi connectivity index (χ0v) is 26.7. The maximum Gasteiger partial charge on any atom is 0.355 e. The van der Waals surface area contributed by atoms with E-state index in [-0.39, 0.29) is 22.8 Å². The van der Waals surface area contributed by atoms with Gasteiger partial charge in [-0.1, -0.05) is 119 Å². The third-order valence-electron chi connectivity index (χ3n) is 6.35. The van der Waals surface area contributed by atoms with Gasteiger partial charge in [0.2, 0.25) is 9.70 Å². The molecule has 0 saturated carbocycles. The van der Waals surface area contributed by atoms with Crippen molar-refractivity contribution in [2.45, 2.75) is 34.7 Å². The Morgan fingerprint density at radius 2 is 1.61 bits per heavy atom. The van der Waals surface area contributed by atoms with Gasteiger partial charge in [-0.3, -0.25) is 24.1 Å². The van der Waals surface area contributed by atoms with Crippen LogP contribution in [-0.4, -0.2) is 63.0 Å². The molecule has 2 unspecified atom stereocenters. The second-order valence-corrected chi connectivity index (χ2v) is 13.3. The maximum atomic E-state index is 13.6. The number of nitrogens with one attached hydrogen (secondary N) is 1. The SMILES string of the molecule is CC(=O)OCC1=C(C(=O)OCC(Cl)(Cl)Cl)N2C(=O)C(NC(=O)C(C(=O)OCc3ccccc3)c3ccccc3)[C@H]2S/C1=C\Cl. The van der Waals surface area contributed by atoms with Crippen molar-refractivity contribution < 1.29 is 38.2 Å². The van der Waals surface area contributed by atoms with Crippen LogP contribution in [0.1, 0.15) is 24.0 Å². The number of ether oxygens (including phenoxy) is 3. The van der Waals surface area contributed by atoms with Crippen LogP contribution in [0, 0.1) is 0 Å². The van der Waals surface area contributed by atoms with Crippen molar-refractivity contribution in [3.63, 3.8) is 0 Å². The number of fused-ring (bicyclic) bond motifs is 1. The molecule has 2 aliphatic heterocycles. The molecule has 0 radical (unpaired) electrons. The number of benzene rings is 2. The lowest BCUT2D eigenvalue weighted by Crippen LogP contribution is -2.71. The fraction of sp³-hybridized carbons (Fsp3) is 0.276. The highest BCUT2D eigenvalue weighted by molar-refractivity contribution is 8.04. The van der Waals surface area contributed by atoms with Crippen molar-refractivity contribution in [2.75, 3.05) is 13.2 Å². The van der Waals surface area contributed by atoms with Crippen molar-refractivity contribution in [3.05, 3.63) is 93.5 Å². The quantitative estimate of drug-likeness (QED) is 0.123. The molecular formula is C29H24Cl4N2O8S. The summed E-state index contributed by atoms with van der Waals surface area (Å²) in [5.74, 6) is -5.42. The van der Waals surface area contributed by atoms with E-state index in [4.69, 9.17) is 60.6 Å². The van der Waals surface area contributed by atoms with Gasteiger partial charge in [0.25, 0.3) is 5.91 Å². The minimum absolute atomic E-state index is 0.0651. The highest BCUT2D eigenvalue weighted by atomic mass is 35.6. The van der Waals surface area contributed by atoms with Crippen molar-refractivity contribution in [2.24, 2.45) is 0 Å². The van der Waals surface area contributed by atoms with E-state index in [1.54, 1.807) is 54.6 Å². The zero-order chi connectivity index (χ0) is 32.0. The third-order valence-corrected chi connectivity index (χ3v) is 8.36. The van der Waals surface area contributed by atoms with E-state index < -0.39 is 64.1 Å². The topological polar surface area (TPSA) is 128 Å². The number of nitrogens with zero attached hydrogens (tertiary/aromatic N) is 1. The minimum atomic E-state index is -1.95. The fourth-order valence-electron chi connectivity index (χ4n) is 4.35. The molecule has 1 N–H and O–H groups in total. The van der Waals surface area contributed by atoms with Crippen LogP contribution in [-0.2, 0) is 44.8 Å². The van der Waals surface area contributed by atoms with Crippen LogP contribution < -0.4 is 5.32 Å². The first-order valence-corrected chi connectivity index (χ1v) is 15.3. The van der Waals surface area contributed by atoms with Crippen LogP contribution in [0.2, 0.25) is 0 Å². The molecule has 0 spiro atoms. The Labute approximate surface area is 276 Å². The summed E-state index contributed by atoms with van der Waals surface area (Å²) in [7, 11) is 0. The highest BCUT2D eigenvalue weighted by Crippen LogP contribution is 2.47. The number of thioether (sulfide) groups is 1. The Morgan fingerprint density at radius 1 is 0.977 bits per heavy atom. The number of carbonyl (C=O) groups is 5. The van der Waals surface area contributed by atoms with Gasteiger partial charge in [0, 0.05) is 22.9 Å². The molecule has 2 amide bonds. The van der Waals surface area contributed by atoms with Crippen molar-refractivity contribution in [3.8, 4) is 0 Å². The maximum absolute atomic E-state index is 13.6. The van der Waals surface area contributed by atoms with Crippen LogP contribution in [0.5, 0.6) is 0 Å². The monoisotopic (exact) mass is 700 g/mol. The van der Waals surface area contributed by atoms with Gasteiger partial charge in [-0.05, 0) is 11.1 Å². The van der Waals surface area contributed by atoms with Crippen molar-refractivity contribution >= 4 is 87.9 Å². The Kier molecular flexibility index (Phi) is 11.3. The molecule has 232 valence electrons. The molecule has 4 rings (SSSR count). The number of β-lactam (4-membered cyclic amide) rings is 1. The molecule has 0 bridgehead atoms. The largest absolute Gasteiger partial charge is 0.461 e. The summed E-state index contributed by atoms with van der Waals surface area (Å²) in [6, 6.07) is 16.0. The number of rotatable bonds is 10. The molecule has 0 aromatic heterocycles. The Balaban J connectivity index is 1.59. The molecule has 2 aromatic rings. The van der Waals surface area contributed by atoms with Gasteiger partial charge in [-0.25, -0.2) is 4.79 Å². The Bertz CT molecular complexity index is 1500. The van der Waals surface area contributed by atoms with E-state index in [0.717, 1.165) is 27.8 Å². The predicted molar refractivity (Wildman–Crippen MR) is 164 cm³/mol. The van der Waals surface area contributed by atoms with Crippen LogP contribution in [0.4, 0.5) is 0 Å². The first kappa shape index (κ1) is 33.7. The van der Waals surface area contributed by atoms with E-state index >= 15 is 0 Å². The zero-order valence-electron chi connectivity index (χ0n) is 22.8. The number of hydrogen-bond donors (Lipinski definition) is 1.